The van der Waals surface area contributed by atoms with Crippen molar-refractivity contribution in [3.8, 4) is 11.4 Å². The molecule has 9 nitrogen and oxygen atoms in total. The Morgan fingerprint density at radius 2 is 1.82 bits per heavy atom. The van der Waals surface area contributed by atoms with Crippen LogP contribution in [-0.4, -0.2) is 75.0 Å². The van der Waals surface area contributed by atoms with Gasteiger partial charge < -0.3 is 16.1 Å². The summed E-state index contributed by atoms with van der Waals surface area (Å²) in [6.07, 6.45) is 0. The van der Waals surface area contributed by atoms with E-state index in [1.165, 1.54) is 28.6 Å². The van der Waals surface area contributed by atoms with E-state index >= 15 is 0 Å². The minimum absolute atomic E-state index is 0.0197. The number of anilines is 1. The summed E-state index contributed by atoms with van der Waals surface area (Å²) < 4.78 is 14.7. The molecule has 2 aromatic carbocycles. The molecule has 3 aromatic rings. The molecule has 2 amide bonds. The summed E-state index contributed by atoms with van der Waals surface area (Å²) in [4.78, 5) is 28.6. The van der Waals surface area contributed by atoms with E-state index in [1.807, 2.05) is 36.1 Å². The number of piperazine rings is 1. The third-order valence-corrected chi connectivity index (χ3v) is 6.43. The van der Waals surface area contributed by atoms with E-state index in [9.17, 15) is 14.0 Å². The van der Waals surface area contributed by atoms with E-state index in [-0.39, 0.29) is 24.1 Å². The molecule has 1 saturated heterocycles. The lowest BCUT2D eigenvalue weighted by Crippen LogP contribution is -2.50. The number of thioether (sulfide) groups is 1. The molecule has 0 radical (unpaired) electrons. The molecule has 0 unspecified atom stereocenters. The second kappa shape index (κ2) is 10.7. The van der Waals surface area contributed by atoms with Crippen LogP contribution in [0.1, 0.15) is 5.56 Å². The maximum atomic E-state index is 13.3. The molecular weight excluding hydrogens is 457 g/mol. The monoisotopic (exact) mass is 483 g/mol. The number of carbonyl (C=O) groups is 2. The first-order valence-electron chi connectivity index (χ1n) is 10.8. The molecule has 0 atom stereocenters. The lowest BCUT2D eigenvalue weighted by Gasteiger charge is -2.34. The minimum Gasteiger partial charge on any atom is -0.339 e. The predicted octanol–water partition coefficient (Wildman–Crippen LogP) is 1.98. The van der Waals surface area contributed by atoms with Gasteiger partial charge in [0.05, 0.1) is 12.3 Å². The van der Waals surface area contributed by atoms with E-state index < -0.39 is 5.82 Å². The number of nitrogens with two attached hydrogens (primary N) is 1. The molecule has 1 aromatic heterocycles. The zero-order chi connectivity index (χ0) is 24.1. The number of rotatable bonds is 7. The molecule has 2 heterocycles. The van der Waals surface area contributed by atoms with Gasteiger partial charge in [-0.2, -0.15) is 0 Å². The van der Waals surface area contributed by atoms with Gasteiger partial charge in [0.1, 0.15) is 5.82 Å². The molecule has 0 bridgehead atoms. The number of carbonyl (C=O) groups excluding carboxylic acids is 2. The normalized spacial score (nSPS) is 14.2. The molecule has 1 fully saturated rings. The quantitative estimate of drug-likeness (QED) is 0.391. The van der Waals surface area contributed by atoms with Crippen LogP contribution in [0.2, 0.25) is 0 Å². The number of hydrogen-bond acceptors (Lipinski definition) is 7. The van der Waals surface area contributed by atoms with Crippen LogP contribution >= 0.6 is 11.8 Å². The zero-order valence-corrected chi connectivity index (χ0v) is 19.6. The van der Waals surface area contributed by atoms with Gasteiger partial charge in [0, 0.05) is 37.4 Å². The van der Waals surface area contributed by atoms with Crippen molar-refractivity contribution in [2.45, 2.75) is 12.1 Å². The molecule has 0 spiro atoms. The van der Waals surface area contributed by atoms with E-state index in [0.717, 1.165) is 11.1 Å². The van der Waals surface area contributed by atoms with Crippen LogP contribution in [0.25, 0.3) is 11.4 Å². The number of nitrogen functional groups attached to an aromatic ring is 1. The van der Waals surface area contributed by atoms with E-state index in [1.54, 1.807) is 17.0 Å². The Balaban J connectivity index is 1.23. The summed E-state index contributed by atoms with van der Waals surface area (Å²) in [5.41, 5.74) is 2.42. The Hall–Kier alpha value is -3.44. The third kappa shape index (κ3) is 5.91. The van der Waals surface area contributed by atoms with Gasteiger partial charge >= 0.3 is 0 Å². The average Bonchev–Trinajstić information content (AvgIpc) is 3.18. The zero-order valence-electron chi connectivity index (χ0n) is 18.8. The van der Waals surface area contributed by atoms with Crippen molar-refractivity contribution in [1.82, 2.24) is 24.7 Å². The lowest BCUT2D eigenvalue weighted by atomic mass is 10.1. The van der Waals surface area contributed by atoms with Crippen LogP contribution in [0.5, 0.6) is 0 Å². The first-order valence-corrected chi connectivity index (χ1v) is 11.8. The average molecular weight is 484 g/mol. The fourth-order valence-electron chi connectivity index (χ4n) is 3.62. The Morgan fingerprint density at radius 3 is 2.53 bits per heavy atom. The molecule has 0 saturated carbocycles. The van der Waals surface area contributed by atoms with Gasteiger partial charge in [0.25, 0.3) is 0 Å². The molecule has 0 aliphatic carbocycles. The molecule has 3 N–H and O–H groups in total. The number of nitrogens with one attached hydrogen (secondary N) is 1. The third-order valence-electron chi connectivity index (χ3n) is 5.50. The SMILES string of the molecule is Cc1ccc(-c2nnc(SCC(=O)N3CCN(CC(=O)Nc4cccc(F)c4)CC3)n2N)cc1. The van der Waals surface area contributed by atoms with Gasteiger partial charge in [0.15, 0.2) is 5.82 Å². The largest absolute Gasteiger partial charge is 0.339 e. The summed E-state index contributed by atoms with van der Waals surface area (Å²) in [5, 5.41) is 11.4. The topological polar surface area (TPSA) is 109 Å². The van der Waals surface area contributed by atoms with Crippen molar-refractivity contribution < 1.29 is 14.0 Å². The minimum atomic E-state index is -0.401. The smallest absolute Gasteiger partial charge is 0.238 e. The highest BCUT2D eigenvalue weighted by atomic mass is 32.2. The summed E-state index contributed by atoms with van der Waals surface area (Å²) in [6, 6.07) is 13.6. The molecule has 1 aliphatic heterocycles. The number of benzene rings is 2. The highest BCUT2D eigenvalue weighted by Crippen LogP contribution is 2.22. The van der Waals surface area contributed by atoms with Crippen LogP contribution in [0.15, 0.2) is 53.7 Å². The number of amides is 2. The number of hydrogen-bond donors (Lipinski definition) is 2. The maximum Gasteiger partial charge on any atom is 0.238 e. The van der Waals surface area contributed by atoms with Crippen molar-refractivity contribution >= 4 is 29.3 Å². The molecule has 178 valence electrons. The number of halogens is 1. The van der Waals surface area contributed by atoms with Crippen LogP contribution in [0.3, 0.4) is 0 Å². The summed E-state index contributed by atoms with van der Waals surface area (Å²) in [6.45, 7) is 4.40. The molecule has 1 aliphatic rings. The predicted molar refractivity (Wildman–Crippen MR) is 129 cm³/mol. The van der Waals surface area contributed by atoms with Gasteiger partial charge in [-0.15, -0.1) is 10.2 Å². The van der Waals surface area contributed by atoms with Crippen LogP contribution < -0.4 is 11.2 Å². The fourth-order valence-corrected chi connectivity index (χ4v) is 4.38. The summed E-state index contributed by atoms with van der Waals surface area (Å²) in [7, 11) is 0. The second-order valence-corrected chi connectivity index (χ2v) is 8.99. The van der Waals surface area contributed by atoms with Gasteiger partial charge in [-0.1, -0.05) is 47.7 Å². The fraction of sp³-hybridized carbons (Fsp3) is 0.304. The van der Waals surface area contributed by atoms with Gasteiger partial charge in [-0.25, -0.2) is 9.07 Å². The van der Waals surface area contributed by atoms with Gasteiger partial charge in [-0.3, -0.25) is 14.5 Å². The van der Waals surface area contributed by atoms with Crippen LogP contribution in [-0.2, 0) is 9.59 Å². The van der Waals surface area contributed by atoms with Crippen LogP contribution in [0.4, 0.5) is 10.1 Å². The van der Waals surface area contributed by atoms with Crippen molar-refractivity contribution in [2.75, 3.05) is 49.6 Å². The first-order chi connectivity index (χ1) is 16.4. The molecule has 4 rings (SSSR count). The van der Waals surface area contributed by atoms with Crippen molar-refractivity contribution in [3.05, 3.63) is 59.9 Å². The number of nitrogens with zero attached hydrogens (tertiary/aromatic N) is 5. The van der Waals surface area contributed by atoms with Gasteiger partial charge in [-0.05, 0) is 25.1 Å². The molecular formula is C23H26FN7O2S. The molecule has 11 heteroatoms. The highest BCUT2D eigenvalue weighted by Gasteiger charge is 2.23. The van der Waals surface area contributed by atoms with Crippen molar-refractivity contribution in [3.63, 3.8) is 0 Å². The molecule has 34 heavy (non-hydrogen) atoms. The summed E-state index contributed by atoms with van der Waals surface area (Å²) >= 11 is 1.25. The lowest BCUT2D eigenvalue weighted by molar-refractivity contribution is -0.130. The van der Waals surface area contributed by atoms with Crippen molar-refractivity contribution in [1.29, 1.82) is 0 Å². The summed E-state index contributed by atoms with van der Waals surface area (Å²) in [5.74, 6) is 6.25. The Labute approximate surface area is 201 Å². The van der Waals surface area contributed by atoms with Gasteiger partial charge in [0.2, 0.25) is 17.0 Å². The first kappa shape index (κ1) is 23.7. The standard InChI is InChI=1S/C23H26FN7O2S/c1-16-5-7-17(8-6-16)22-27-28-23(31(22)25)34-15-21(33)30-11-9-29(10-12-30)14-20(32)26-19-4-2-3-18(24)13-19/h2-8,13H,9-12,14-15,25H2,1H3,(H,26,32). The maximum absolute atomic E-state index is 13.3. The van der Waals surface area contributed by atoms with E-state index in [2.05, 4.69) is 15.5 Å². The van der Waals surface area contributed by atoms with Crippen molar-refractivity contribution in [2.24, 2.45) is 0 Å². The Bertz CT molecular complexity index is 1160. The van der Waals surface area contributed by atoms with E-state index in [0.29, 0.717) is 42.8 Å². The van der Waals surface area contributed by atoms with Crippen LogP contribution in [0, 0.1) is 12.7 Å². The number of aryl methyl sites for hydroxylation is 1. The Morgan fingerprint density at radius 1 is 1.09 bits per heavy atom. The Kier molecular flexibility index (Phi) is 7.43. The number of aromatic nitrogens is 3. The highest BCUT2D eigenvalue weighted by molar-refractivity contribution is 7.99. The van der Waals surface area contributed by atoms with E-state index in [4.69, 9.17) is 5.84 Å². The second-order valence-electron chi connectivity index (χ2n) is 8.05.